The fourth-order valence-electron chi connectivity index (χ4n) is 7.46. The normalized spacial score (nSPS) is 55.2. The summed E-state index contributed by atoms with van der Waals surface area (Å²) in [5.74, 6) is 1.40. The van der Waals surface area contributed by atoms with Crippen molar-refractivity contribution >= 4 is 5.78 Å². The topological polar surface area (TPSA) is 48.1 Å². The molecule has 25 heavy (non-hydrogen) atoms. The van der Waals surface area contributed by atoms with E-state index < -0.39 is 0 Å². The number of ketones is 1. The maximum Gasteiger partial charge on any atom is 0.171 e. The van der Waals surface area contributed by atoms with Crippen LogP contribution in [0.25, 0.3) is 0 Å². The van der Waals surface area contributed by atoms with Crippen LogP contribution in [0.15, 0.2) is 11.6 Å². The monoisotopic (exact) mass is 344 g/mol. The highest BCUT2D eigenvalue weighted by Gasteiger charge is 2.79. The number of Topliss-reactive ketones (excluding diaryl/α,β-unsaturated/α-hetero) is 1. The molecule has 4 aliphatic carbocycles. The first-order valence-electron chi connectivity index (χ1n) is 10.2. The van der Waals surface area contributed by atoms with Crippen molar-refractivity contribution < 1.29 is 19.0 Å². The molecular formula is C21H28O4. The van der Waals surface area contributed by atoms with E-state index in [2.05, 4.69) is 19.9 Å². The van der Waals surface area contributed by atoms with E-state index in [0.29, 0.717) is 17.6 Å². The summed E-state index contributed by atoms with van der Waals surface area (Å²) < 4.78 is 18.6. The van der Waals surface area contributed by atoms with E-state index >= 15 is 0 Å². The van der Waals surface area contributed by atoms with E-state index in [0.717, 1.165) is 58.2 Å². The van der Waals surface area contributed by atoms with Crippen molar-refractivity contribution in [1.82, 2.24) is 0 Å². The van der Waals surface area contributed by atoms with Gasteiger partial charge in [-0.1, -0.05) is 19.9 Å². The predicted molar refractivity (Wildman–Crippen MR) is 90.8 cm³/mol. The number of carbonyl (C=O) groups excluding carboxylic acids is 1. The van der Waals surface area contributed by atoms with Gasteiger partial charge >= 0.3 is 0 Å². The van der Waals surface area contributed by atoms with Crippen LogP contribution in [-0.4, -0.2) is 36.0 Å². The van der Waals surface area contributed by atoms with E-state index in [4.69, 9.17) is 14.2 Å². The average molecular weight is 344 g/mol. The highest BCUT2D eigenvalue weighted by atomic mass is 16.7. The molecule has 4 nitrogen and oxygen atoms in total. The molecule has 0 amide bonds. The van der Waals surface area contributed by atoms with Crippen molar-refractivity contribution in [1.29, 1.82) is 0 Å². The molecule has 2 aliphatic heterocycles. The molecule has 0 aromatic heterocycles. The quantitative estimate of drug-likeness (QED) is 0.499. The van der Waals surface area contributed by atoms with E-state index in [9.17, 15) is 4.79 Å². The molecule has 0 bridgehead atoms. The van der Waals surface area contributed by atoms with Crippen LogP contribution in [0.4, 0.5) is 0 Å². The van der Waals surface area contributed by atoms with Gasteiger partial charge in [-0.3, -0.25) is 4.79 Å². The molecule has 5 fully saturated rings. The summed E-state index contributed by atoms with van der Waals surface area (Å²) in [4.78, 5) is 12.8. The minimum absolute atomic E-state index is 0.0557. The van der Waals surface area contributed by atoms with Crippen LogP contribution in [0, 0.1) is 23.2 Å². The third-order valence-electron chi connectivity index (χ3n) is 8.68. The number of ether oxygens (including phenoxy) is 3. The van der Waals surface area contributed by atoms with Gasteiger partial charge in [-0.2, -0.15) is 0 Å². The highest BCUT2D eigenvalue weighted by molar-refractivity contribution is 5.89. The van der Waals surface area contributed by atoms with Gasteiger partial charge in [0.2, 0.25) is 0 Å². The van der Waals surface area contributed by atoms with Crippen LogP contribution >= 0.6 is 0 Å². The van der Waals surface area contributed by atoms with Crippen molar-refractivity contribution in [2.24, 2.45) is 23.2 Å². The Morgan fingerprint density at radius 2 is 1.96 bits per heavy atom. The van der Waals surface area contributed by atoms with Crippen LogP contribution in [0.2, 0.25) is 0 Å². The third-order valence-corrected chi connectivity index (χ3v) is 8.68. The van der Waals surface area contributed by atoms with Crippen molar-refractivity contribution in [3.63, 3.8) is 0 Å². The lowest BCUT2D eigenvalue weighted by atomic mass is 9.54. The van der Waals surface area contributed by atoms with Gasteiger partial charge < -0.3 is 14.2 Å². The minimum atomic E-state index is -0.381. The molecule has 1 spiro atoms. The number of rotatable bonds is 0. The van der Waals surface area contributed by atoms with E-state index in [1.54, 1.807) is 0 Å². The summed E-state index contributed by atoms with van der Waals surface area (Å²) in [6.45, 7) is 5.79. The van der Waals surface area contributed by atoms with Crippen LogP contribution < -0.4 is 0 Å². The summed E-state index contributed by atoms with van der Waals surface area (Å²) in [7, 11) is 0. The molecule has 6 atom stereocenters. The van der Waals surface area contributed by atoms with Gasteiger partial charge in [-0.05, 0) is 49.5 Å². The van der Waals surface area contributed by atoms with Crippen LogP contribution in [0.1, 0.15) is 58.8 Å². The number of allylic oxidation sites excluding steroid dienone is 1. The molecule has 3 saturated carbocycles. The zero-order chi connectivity index (χ0) is 17.1. The Balaban J connectivity index is 1.36. The Morgan fingerprint density at radius 1 is 1.16 bits per heavy atom. The van der Waals surface area contributed by atoms with Crippen molar-refractivity contribution in [2.45, 2.75) is 75.8 Å². The Morgan fingerprint density at radius 3 is 2.76 bits per heavy atom. The largest absolute Gasteiger partial charge is 0.358 e. The lowest BCUT2D eigenvalue weighted by Gasteiger charge is -2.48. The van der Waals surface area contributed by atoms with Crippen LogP contribution in [-0.2, 0) is 19.0 Å². The molecule has 6 rings (SSSR count). The lowest BCUT2D eigenvalue weighted by molar-refractivity contribution is -0.185. The molecule has 0 radical (unpaired) electrons. The van der Waals surface area contributed by atoms with Gasteiger partial charge in [0, 0.05) is 24.2 Å². The molecule has 3 unspecified atom stereocenters. The molecule has 4 heteroatoms. The molecule has 6 aliphatic rings. The molecule has 0 aromatic rings. The van der Waals surface area contributed by atoms with Gasteiger partial charge in [0.25, 0.3) is 0 Å². The summed E-state index contributed by atoms with van der Waals surface area (Å²) in [6.07, 6.45) is 9.48. The standard InChI is InChI=1S/C21H28O4/c1-13-11-16-14-3-6-19-12-20(23-9-10-24-20)7-8-21(19,25-19)15(14)4-5-18(16,2)17(13)22/h4,13-14,16H,3,5-12H2,1-2H3/t13?,14?,16?,18-,19+,21+/m0/s1. The maximum atomic E-state index is 12.8. The van der Waals surface area contributed by atoms with E-state index in [1.165, 1.54) is 5.57 Å². The lowest BCUT2D eigenvalue weighted by Crippen LogP contribution is -2.51. The Hall–Kier alpha value is -0.710. The molecule has 0 aromatic carbocycles. The van der Waals surface area contributed by atoms with Crippen molar-refractivity contribution in [3.05, 3.63) is 11.6 Å². The number of fused-ring (bicyclic) bond motifs is 3. The second-order valence-corrected chi connectivity index (χ2v) is 9.74. The smallest absolute Gasteiger partial charge is 0.171 e. The second kappa shape index (κ2) is 4.40. The van der Waals surface area contributed by atoms with Gasteiger partial charge in [-0.25, -0.2) is 0 Å². The van der Waals surface area contributed by atoms with Gasteiger partial charge in [0.05, 0.1) is 13.2 Å². The molecule has 136 valence electrons. The molecule has 2 saturated heterocycles. The fourth-order valence-corrected chi connectivity index (χ4v) is 7.46. The Bertz CT molecular complexity index is 692. The third kappa shape index (κ3) is 1.64. The van der Waals surface area contributed by atoms with Crippen LogP contribution in [0.3, 0.4) is 0 Å². The summed E-state index contributed by atoms with van der Waals surface area (Å²) >= 11 is 0. The average Bonchev–Trinajstić information content (AvgIpc) is 2.98. The first kappa shape index (κ1) is 15.4. The fraction of sp³-hybridized carbons (Fsp3) is 0.857. The number of hydrogen-bond donors (Lipinski definition) is 0. The number of carbonyl (C=O) groups is 1. The summed E-state index contributed by atoms with van der Waals surface area (Å²) in [5.41, 5.74) is 1.29. The van der Waals surface area contributed by atoms with Crippen LogP contribution in [0.5, 0.6) is 0 Å². The van der Waals surface area contributed by atoms with E-state index in [1.807, 2.05) is 0 Å². The Labute approximate surface area is 149 Å². The molecule has 2 heterocycles. The predicted octanol–water partition coefficient (Wildman–Crippen LogP) is 3.39. The van der Waals surface area contributed by atoms with Gasteiger partial charge in [-0.15, -0.1) is 0 Å². The zero-order valence-electron chi connectivity index (χ0n) is 15.3. The first-order valence-corrected chi connectivity index (χ1v) is 10.2. The first-order chi connectivity index (χ1) is 11.9. The summed E-state index contributed by atoms with van der Waals surface area (Å²) in [5, 5.41) is 0. The van der Waals surface area contributed by atoms with E-state index in [-0.39, 0.29) is 28.3 Å². The van der Waals surface area contributed by atoms with Crippen molar-refractivity contribution in [3.8, 4) is 0 Å². The molecular weight excluding hydrogens is 316 g/mol. The zero-order valence-corrected chi connectivity index (χ0v) is 15.3. The maximum absolute atomic E-state index is 12.8. The number of hydrogen-bond acceptors (Lipinski definition) is 4. The highest BCUT2D eigenvalue weighted by Crippen LogP contribution is 2.73. The van der Waals surface area contributed by atoms with Gasteiger partial charge in [0.15, 0.2) is 5.79 Å². The van der Waals surface area contributed by atoms with Gasteiger partial charge in [0.1, 0.15) is 17.0 Å². The Kier molecular flexibility index (Phi) is 2.70. The van der Waals surface area contributed by atoms with Crippen molar-refractivity contribution in [2.75, 3.05) is 13.2 Å². The minimum Gasteiger partial charge on any atom is -0.358 e. The SMILES string of the molecule is CC1CC2C3CC[C@@]45CC6(CC[C@@]4(O5)C3=CC[C@]2(C)C1=O)OCCO6. The molecule has 0 N–H and O–H groups in total. The second-order valence-electron chi connectivity index (χ2n) is 9.74. The number of epoxide rings is 1. The summed E-state index contributed by atoms with van der Waals surface area (Å²) in [6, 6.07) is 0.